The summed E-state index contributed by atoms with van der Waals surface area (Å²) in [5.74, 6) is 0.853. The Morgan fingerprint density at radius 1 is 1.13 bits per heavy atom. The van der Waals surface area contributed by atoms with Crippen molar-refractivity contribution in [2.75, 3.05) is 25.1 Å². The van der Waals surface area contributed by atoms with E-state index in [1.807, 2.05) is 42.2 Å². The molecule has 4 heterocycles. The molecule has 0 radical (unpaired) electrons. The highest BCUT2D eigenvalue weighted by Gasteiger charge is 2.51. The zero-order valence-corrected chi connectivity index (χ0v) is 17.2. The summed E-state index contributed by atoms with van der Waals surface area (Å²) in [7, 11) is 1.69. The lowest BCUT2D eigenvalue weighted by molar-refractivity contribution is 0.0664. The van der Waals surface area contributed by atoms with Gasteiger partial charge in [-0.1, -0.05) is 0 Å². The Morgan fingerprint density at radius 3 is 2.73 bits per heavy atom. The first-order valence-corrected chi connectivity index (χ1v) is 10.3. The number of anilines is 1. The van der Waals surface area contributed by atoms with Gasteiger partial charge in [-0.15, -0.1) is 0 Å². The molecule has 30 heavy (non-hydrogen) atoms. The molecule has 1 saturated carbocycles. The Labute approximate surface area is 174 Å². The SMILES string of the molecule is COc1cc2c(-c3cnn4cc(N5CC6(CC(N)C6)C5)cnc34)ccnc2cc1C. The summed E-state index contributed by atoms with van der Waals surface area (Å²) < 4.78 is 7.41. The van der Waals surface area contributed by atoms with Gasteiger partial charge in [0.1, 0.15) is 5.75 Å². The van der Waals surface area contributed by atoms with E-state index < -0.39 is 0 Å². The van der Waals surface area contributed by atoms with Gasteiger partial charge in [0.05, 0.1) is 36.9 Å². The second kappa shape index (κ2) is 6.15. The third kappa shape index (κ3) is 2.51. The maximum Gasteiger partial charge on any atom is 0.162 e. The number of fused-ring (bicyclic) bond motifs is 2. The largest absolute Gasteiger partial charge is 0.496 e. The van der Waals surface area contributed by atoms with Gasteiger partial charge in [0.25, 0.3) is 0 Å². The minimum Gasteiger partial charge on any atom is -0.496 e. The number of nitrogens with zero attached hydrogens (tertiary/aromatic N) is 5. The van der Waals surface area contributed by atoms with E-state index in [1.165, 1.54) is 0 Å². The standard InChI is InChI=1S/C23H24N6O/c1-14-5-20-18(6-21(14)30-2)17(3-4-25-20)19-10-27-29-11-16(9-26-22(19)29)28-12-23(13-28)7-15(24)8-23/h3-6,9-11,15H,7-8,12-13,24H2,1-2H3. The van der Waals surface area contributed by atoms with Gasteiger partial charge in [0.2, 0.25) is 0 Å². The molecular weight excluding hydrogens is 376 g/mol. The minimum atomic E-state index is 0.388. The van der Waals surface area contributed by atoms with Crippen molar-refractivity contribution < 1.29 is 4.74 Å². The third-order valence-electron chi connectivity index (χ3n) is 6.70. The van der Waals surface area contributed by atoms with Crippen molar-refractivity contribution in [1.29, 1.82) is 0 Å². The van der Waals surface area contributed by atoms with Crippen molar-refractivity contribution >= 4 is 22.2 Å². The van der Waals surface area contributed by atoms with Crippen LogP contribution in [-0.2, 0) is 0 Å². The lowest BCUT2D eigenvalue weighted by atomic mass is 9.61. The van der Waals surface area contributed by atoms with Gasteiger partial charge >= 0.3 is 0 Å². The van der Waals surface area contributed by atoms with Crippen LogP contribution in [0, 0.1) is 12.3 Å². The molecule has 7 nitrogen and oxygen atoms in total. The van der Waals surface area contributed by atoms with Crippen LogP contribution in [0.25, 0.3) is 27.7 Å². The van der Waals surface area contributed by atoms with E-state index in [-0.39, 0.29) is 0 Å². The number of rotatable bonds is 3. The third-order valence-corrected chi connectivity index (χ3v) is 6.70. The normalized spacial score (nSPS) is 18.0. The zero-order chi connectivity index (χ0) is 20.5. The van der Waals surface area contributed by atoms with Crippen LogP contribution in [0.2, 0.25) is 0 Å². The predicted molar refractivity (Wildman–Crippen MR) is 117 cm³/mol. The molecule has 7 heteroatoms. The van der Waals surface area contributed by atoms with Gasteiger partial charge in [0.15, 0.2) is 5.65 Å². The van der Waals surface area contributed by atoms with Crippen LogP contribution >= 0.6 is 0 Å². The first-order valence-electron chi connectivity index (χ1n) is 10.3. The Hall–Kier alpha value is -3.19. The van der Waals surface area contributed by atoms with E-state index in [0.29, 0.717) is 11.5 Å². The molecule has 1 spiro atoms. The molecule has 3 aromatic heterocycles. The Balaban J connectivity index is 1.38. The van der Waals surface area contributed by atoms with Gasteiger partial charge in [-0.25, -0.2) is 9.50 Å². The molecule has 0 unspecified atom stereocenters. The van der Waals surface area contributed by atoms with Gasteiger partial charge in [0, 0.05) is 41.7 Å². The first-order chi connectivity index (χ1) is 14.5. The van der Waals surface area contributed by atoms with Gasteiger partial charge in [-0.05, 0) is 49.1 Å². The van der Waals surface area contributed by atoms with E-state index in [1.54, 1.807) is 7.11 Å². The predicted octanol–water partition coefficient (Wildman–Crippen LogP) is 3.19. The quantitative estimate of drug-likeness (QED) is 0.569. The topological polar surface area (TPSA) is 81.6 Å². The fourth-order valence-electron chi connectivity index (χ4n) is 5.21. The molecule has 1 aromatic carbocycles. The van der Waals surface area contributed by atoms with E-state index >= 15 is 0 Å². The Morgan fingerprint density at radius 2 is 1.97 bits per heavy atom. The summed E-state index contributed by atoms with van der Waals surface area (Å²) in [4.78, 5) is 11.7. The monoisotopic (exact) mass is 400 g/mol. The highest BCUT2D eigenvalue weighted by molar-refractivity contribution is 5.98. The number of hydrogen-bond donors (Lipinski definition) is 1. The lowest BCUT2D eigenvalue weighted by Crippen LogP contribution is -2.65. The Bertz CT molecular complexity index is 1280. The van der Waals surface area contributed by atoms with Crippen LogP contribution < -0.4 is 15.4 Å². The number of pyridine rings is 1. The van der Waals surface area contributed by atoms with Gasteiger partial charge in [-0.3, -0.25) is 4.98 Å². The molecule has 0 bridgehead atoms. The fraction of sp³-hybridized carbons (Fsp3) is 0.348. The minimum absolute atomic E-state index is 0.388. The lowest BCUT2D eigenvalue weighted by Gasteiger charge is -2.59. The molecule has 4 aromatic rings. The van der Waals surface area contributed by atoms with Crippen molar-refractivity contribution in [2.45, 2.75) is 25.8 Å². The maximum atomic E-state index is 5.99. The molecule has 0 amide bonds. The number of methoxy groups -OCH3 is 1. The first kappa shape index (κ1) is 17.7. The fourth-order valence-corrected chi connectivity index (χ4v) is 5.21. The molecule has 2 aliphatic rings. The van der Waals surface area contributed by atoms with E-state index in [0.717, 1.165) is 70.6 Å². The van der Waals surface area contributed by atoms with Gasteiger partial charge < -0.3 is 15.4 Å². The summed E-state index contributed by atoms with van der Waals surface area (Å²) in [6.45, 7) is 4.16. The second-order valence-corrected chi connectivity index (χ2v) is 8.86. The number of ether oxygens (including phenoxy) is 1. The van der Waals surface area contributed by atoms with E-state index in [9.17, 15) is 0 Å². The number of hydrogen-bond acceptors (Lipinski definition) is 6. The highest BCUT2D eigenvalue weighted by atomic mass is 16.5. The van der Waals surface area contributed by atoms with Crippen LogP contribution in [0.5, 0.6) is 5.75 Å². The van der Waals surface area contributed by atoms with Crippen LogP contribution in [0.15, 0.2) is 43.0 Å². The summed E-state index contributed by atoms with van der Waals surface area (Å²) in [5, 5.41) is 5.64. The van der Waals surface area contributed by atoms with Crippen molar-refractivity contribution in [2.24, 2.45) is 11.1 Å². The smallest absolute Gasteiger partial charge is 0.162 e. The number of aryl methyl sites for hydroxylation is 1. The van der Waals surface area contributed by atoms with Crippen LogP contribution in [0.1, 0.15) is 18.4 Å². The second-order valence-electron chi connectivity index (χ2n) is 8.86. The number of aromatic nitrogens is 4. The number of nitrogens with two attached hydrogens (primary N) is 1. The van der Waals surface area contributed by atoms with Crippen molar-refractivity contribution in [3.63, 3.8) is 0 Å². The average molecular weight is 400 g/mol. The van der Waals surface area contributed by atoms with Crippen LogP contribution in [-0.4, -0.2) is 45.8 Å². The van der Waals surface area contributed by atoms with E-state index in [2.05, 4.69) is 27.2 Å². The van der Waals surface area contributed by atoms with Crippen LogP contribution in [0.3, 0.4) is 0 Å². The molecule has 0 atom stereocenters. The molecule has 152 valence electrons. The van der Waals surface area contributed by atoms with Crippen molar-refractivity contribution in [3.8, 4) is 16.9 Å². The average Bonchev–Trinajstić information content (AvgIpc) is 3.11. The summed E-state index contributed by atoms with van der Waals surface area (Å²) in [6, 6.07) is 6.51. The molecule has 6 rings (SSSR count). The molecule has 1 aliphatic carbocycles. The summed E-state index contributed by atoms with van der Waals surface area (Å²) in [6.07, 6.45) is 10.0. The summed E-state index contributed by atoms with van der Waals surface area (Å²) >= 11 is 0. The van der Waals surface area contributed by atoms with E-state index in [4.69, 9.17) is 15.5 Å². The maximum absolute atomic E-state index is 5.99. The summed E-state index contributed by atoms with van der Waals surface area (Å²) in [5.41, 5.74) is 12.4. The molecular formula is C23H24N6O. The molecule has 2 N–H and O–H groups in total. The number of benzene rings is 1. The molecule has 1 aliphatic heterocycles. The Kier molecular flexibility index (Phi) is 3.62. The molecule has 1 saturated heterocycles. The zero-order valence-electron chi connectivity index (χ0n) is 17.2. The van der Waals surface area contributed by atoms with Crippen molar-refractivity contribution in [1.82, 2.24) is 19.6 Å². The van der Waals surface area contributed by atoms with Gasteiger partial charge in [-0.2, -0.15) is 5.10 Å². The van der Waals surface area contributed by atoms with Crippen LogP contribution in [0.4, 0.5) is 5.69 Å². The molecule has 2 fully saturated rings. The highest BCUT2D eigenvalue weighted by Crippen LogP contribution is 2.48. The van der Waals surface area contributed by atoms with Crippen molar-refractivity contribution in [3.05, 3.63) is 48.5 Å².